The minimum Gasteiger partial charge on any atom is -0.301 e. The van der Waals surface area contributed by atoms with Crippen molar-refractivity contribution in [3.63, 3.8) is 0 Å². The highest BCUT2D eigenvalue weighted by Gasteiger charge is 2.07. The molecule has 6 heteroatoms. The second-order valence-electron chi connectivity index (χ2n) is 4.07. The molecule has 1 N–H and O–H groups in total. The van der Waals surface area contributed by atoms with Crippen LogP contribution in [0.15, 0.2) is 45.7 Å². The van der Waals surface area contributed by atoms with Gasteiger partial charge in [0, 0.05) is 5.75 Å². The number of H-pyrrole nitrogens is 1. The molecule has 0 unspecified atom stereocenters. The first-order valence-electron chi connectivity index (χ1n) is 5.86. The lowest BCUT2D eigenvalue weighted by atomic mass is 10.1. The number of hydrogen-bond donors (Lipinski definition) is 1. The monoisotopic (exact) mass is 299 g/mol. The Bertz CT molecular complexity index is 860. The van der Waals surface area contributed by atoms with E-state index in [4.69, 9.17) is 5.26 Å². The van der Waals surface area contributed by atoms with Crippen LogP contribution in [0.1, 0.15) is 11.1 Å². The summed E-state index contributed by atoms with van der Waals surface area (Å²) in [5, 5.41) is 12.1. The summed E-state index contributed by atoms with van der Waals surface area (Å²) in [4.78, 5) is 19.8. The molecule has 0 amide bonds. The third-order valence-corrected chi connectivity index (χ3v) is 4.54. The average Bonchev–Trinajstić information content (AvgIpc) is 2.94. The maximum absolute atomic E-state index is 11.8. The zero-order valence-corrected chi connectivity index (χ0v) is 11.9. The highest BCUT2D eigenvalue weighted by atomic mass is 32.2. The van der Waals surface area contributed by atoms with Crippen molar-refractivity contribution >= 4 is 33.3 Å². The Hall–Kier alpha value is -2.10. The van der Waals surface area contributed by atoms with E-state index in [9.17, 15) is 4.79 Å². The summed E-state index contributed by atoms with van der Waals surface area (Å²) in [7, 11) is 0. The van der Waals surface area contributed by atoms with E-state index in [1.807, 2.05) is 23.6 Å². The predicted octanol–water partition coefficient (Wildman–Crippen LogP) is 3.15. The van der Waals surface area contributed by atoms with Gasteiger partial charge in [-0.25, -0.2) is 4.98 Å². The summed E-state index contributed by atoms with van der Waals surface area (Å²) in [5.74, 6) is 0.601. The van der Waals surface area contributed by atoms with E-state index in [1.54, 1.807) is 12.1 Å². The van der Waals surface area contributed by atoms with Gasteiger partial charge in [0.25, 0.3) is 5.56 Å². The largest absolute Gasteiger partial charge is 0.301 e. The Morgan fingerprint density at radius 2 is 2.20 bits per heavy atom. The molecule has 4 nitrogen and oxygen atoms in total. The van der Waals surface area contributed by atoms with Crippen molar-refractivity contribution in [2.75, 3.05) is 0 Å². The molecule has 0 atom stereocenters. The molecule has 2 heterocycles. The van der Waals surface area contributed by atoms with Crippen molar-refractivity contribution < 1.29 is 0 Å². The molecule has 98 valence electrons. The van der Waals surface area contributed by atoms with E-state index in [0.29, 0.717) is 21.9 Å². The molecule has 0 bridgehead atoms. The van der Waals surface area contributed by atoms with Gasteiger partial charge in [-0.15, -0.1) is 11.3 Å². The van der Waals surface area contributed by atoms with E-state index in [-0.39, 0.29) is 5.56 Å². The highest BCUT2D eigenvalue weighted by Crippen LogP contribution is 2.23. The Labute approximate surface area is 123 Å². The summed E-state index contributed by atoms with van der Waals surface area (Å²) in [6.45, 7) is 0. The van der Waals surface area contributed by atoms with Crippen LogP contribution < -0.4 is 5.56 Å². The number of aromatic nitrogens is 2. The van der Waals surface area contributed by atoms with Crippen LogP contribution in [0, 0.1) is 11.3 Å². The zero-order chi connectivity index (χ0) is 13.9. The molecule has 3 rings (SSSR count). The number of rotatable bonds is 3. The third kappa shape index (κ3) is 2.46. The molecule has 0 aliphatic heterocycles. The lowest BCUT2D eigenvalue weighted by Gasteiger charge is -2.03. The first-order valence-corrected chi connectivity index (χ1v) is 7.73. The number of benzene rings is 1. The average molecular weight is 299 g/mol. The van der Waals surface area contributed by atoms with Crippen molar-refractivity contribution in [2.45, 2.75) is 10.9 Å². The van der Waals surface area contributed by atoms with E-state index < -0.39 is 0 Å². The Balaban J connectivity index is 1.87. The van der Waals surface area contributed by atoms with Crippen LogP contribution in [0.4, 0.5) is 0 Å². The topological polar surface area (TPSA) is 69.5 Å². The second kappa shape index (κ2) is 5.49. The Kier molecular flexibility index (Phi) is 3.54. The minimum atomic E-state index is -0.118. The van der Waals surface area contributed by atoms with Gasteiger partial charge < -0.3 is 4.98 Å². The summed E-state index contributed by atoms with van der Waals surface area (Å²) in [6.07, 6.45) is 0. The van der Waals surface area contributed by atoms with Gasteiger partial charge in [0.2, 0.25) is 0 Å². The van der Waals surface area contributed by atoms with Crippen LogP contribution in [0.2, 0.25) is 0 Å². The van der Waals surface area contributed by atoms with Crippen molar-refractivity contribution in [3.8, 4) is 6.07 Å². The molecule has 0 radical (unpaired) electrons. The fourth-order valence-corrected chi connectivity index (χ4v) is 3.50. The first-order chi connectivity index (χ1) is 9.78. The van der Waals surface area contributed by atoms with Crippen molar-refractivity contribution in [3.05, 3.63) is 57.2 Å². The van der Waals surface area contributed by atoms with Gasteiger partial charge >= 0.3 is 0 Å². The SMILES string of the molecule is N#Cc1ccccc1CSc1nc2sccc2c(=O)[nH]1. The number of thiophene rings is 1. The molecule has 0 spiro atoms. The molecule has 0 fully saturated rings. The van der Waals surface area contributed by atoms with Crippen LogP contribution in [0.3, 0.4) is 0 Å². The predicted molar refractivity (Wildman–Crippen MR) is 81.0 cm³/mol. The highest BCUT2D eigenvalue weighted by molar-refractivity contribution is 7.98. The van der Waals surface area contributed by atoms with E-state index >= 15 is 0 Å². The molecule has 20 heavy (non-hydrogen) atoms. The lowest BCUT2D eigenvalue weighted by molar-refractivity contribution is 0.979. The maximum atomic E-state index is 11.8. The van der Waals surface area contributed by atoms with Gasteiger partial charge in [-0.05, 0) is 23.1 Å². The normalized spacial score (nSPS) is 10.6. The molecule has 0 saturated carbocycles. The van der Waals surface area contributed by atoms with E-state index in [1.165, 1.54) is 23.1 Å². The summed E-state index contributed by atoms with van der Waals surface area (Å²) >= 11 is 2.87. The van der Waals surface area contributed by atoms with Gasteiger partial charge in [0.05, 0.1) is 17.0 Å². The molecular formula is C14H9N3OS2. The van der Waals surface area contributed by atoms with E-state index in [2.05, 4.69) is 16.0 Å². The second-order valence-corrected chi connectivity index (χ2v) is 5.93. The number of fused-ring (bicyclic) bond motifs is 1. The lowest BCUT2D eigenvalue weighted by Crippen LogP contribution is -2.07. The standard InChI is InChI=1S/C14H9N3OS2/c15-7-9-3-1-2-4-10(9)8-20-14-16-12(18)11-5-6-19-13(11)17-14/h1-6H,8H2,(H,16,17,18). The number of hydrogen-bond acceptors (Lipinski definition) is 5. The van der Waals surface area contributed by atoms with Crippen molar-refractivity contribution in [2.24, 2.45) is 0 Å². The number of aromatic amines is 1. The first kappa shape index (κ1) is 12.9. The third-order valence-electron chi connectivity index (χ3n) is 2.82. The fraction of sp³-hybridized carbons (Fsp3) is 0.0714. The van der Waals surface area contributed by atoms with Gasteiger partial charge in [0.1, 0.15) is 4.83 Å². The number of thioether (sulfide) groups is 1. The number of nitriles is 1. The van der Waals surface area contributed by atoms with Crippen molar-refractivity contribution in [1.29, 1.82) is 5.26 Å². The molecule has 0 aliphatic rings. The molecule has 3 aromatic rings. The maximum Gasteiger partial charge on any atom is 0.260 e. The van der Waals surface area contributed by atoms with Gasteiger partial charge in [-0.1, -0.05) is 30.0 Å². The van der Waals surface area contributed by atoms with Gasteiger partial charge in [-0.3, -0.25) is 4.79 Å². The van der Waals surface area contributed by atoms with Crippen LogP contribution in [0.5, 0.6) is 0 Å². The van der Waals surface area contributed by atoms with Crippen LogP contribution in [-0.2, 0) is 5.75 Å². The molecule has 2 aromatic heterocycles. The summed E-state index contributed by atoms with van der Waals surface area (Å²) in [6, 6.07) is 11.4. The molecular weight excluding hydrogens is 290 g/mol. The zero-order valence-electron chi connectivity index (χ0n) is 10.3. The van der Waals surface area contributed by atoms with Crippen LogP contribution in [0.25, 0.3) is 10.2 Å². The van der Waals surface area contributed by atoms with E-state index in [0.717, 1.165) is 10.4 Å². The van der Waals surface area contributed by atoms with Crippen LogP contribution in [-0.4, -0.2) is 9.97 Å². The van der Waals surface area contributed by atoms with Gasteiger partial charge in [0.15, 0.2) is 5.16 Å². The Morgan fingerprint density at radius 3 is 3.05 bits per heavy atom. The minimum absolute atomic E-state index is 0.118. The number of nitrogens with one attached hydrogen (secondary N) is 1. The van der Waals surface area contributed by atoms with Gasteiger partial charge in [-0.2, -0.15) is 5.26 Å². The molecule has 1 aromatic carbocycles. The Morgan fingerprint density at radius 1 is 1.35 bits per heavy atom. The smallest absolute Gasteiger partial charge is 0.260 e. The quantitative estimate of drug-likeness (QED) is 0.596. The number of nitrogens with zero attached hydrogens (tertiary/aromatic N) is 2. The van der Waals surface area contributed by atoms with Crippen LogP contribution >= 0.6 is 23.1 Å². The summed E-state index contributed by atoms with van der Waals surface area (Å²) in [5.41, 5.74) is 1.47. The van der Waals surface area contributed by atoms with Crippen molar-refractivity contribution in [1.82, 2.24) is 9.97 Å². The fourth-order valence-electron chi connectivity index (χ4n) is 1.82. The summed E-state index contributed by atoms with van der Waals surface area (Å²) < 4.78 is 0. The molecule has 0 aliphatic carbocycles. The molecule has 0 saturated heterocycles.